The van der Waals surface area contributed by atoms with Crippen molar-refractivity contribution in [1.82, 2.24) is 0 Å². The maximum absolute atomic E-state index is 12.2. The van der Waals surface area contributed by atoms with Gasteiger partial charge in [0.15, 0.2) is 0 Å². The predicted molar refractivity (Wildman–Crippen MR) is 100 cm³/mol. The second-order valence-electron chi connectivity index (χ2n) is 5.55. The number of carbonyl (C=O) groups is 2. The normalized spacial score (nSPS) is 10.9. The van der Waals surface area contributed by atoms with E-state index in [0.29, 0.717) is 0 Å². The summed E-state index contributed by atoms with van der Waals surface area (Å²) in [7, 11) is 2.78. The third kappa shape index (κ3) is 5.88. The Balaban J connectivity index is 2.38. The molecular weight excluding hydrogens is 459 g/mol. The SMILES string of the molecule is CCOC(=O)c1ccccc1[O][Zr]([O]C)([O]C)[O]c1ccccc1C(=O)OCC. The molecule has 2 rings (SSSR count). The maximum atomic E-state index is 12.2. The molecule has 0 spiro atoms. The van der Waals surface area contributed by atoms with Crippen molar-refractivity contribution in [1.29, 1.82) is 0 Å². The minimum absolute atomic E-state index is 0.207. The third-order valence-corrected chi connectivity index (χ3v) is 8.50. The molecular formula is C20H24O8Zr. The molecule has 2 aromatic rings. The molecule has 0 fully saturated rings. The van der Waals surface area contributed by atoms with Gasteiger partial charge in [-0.1, -0.05) is 0 Å². The second-order valence-corrected chi connectivity index (χ2v) is 11.0. The summed E-state index contributed by atoms with van der Waals surface area (Å²) in [4.78, 5) is 24.5. The van der Waals surface area contributed by atoms with Crippen molar-refractivity contribution in [3.8, 4) is 11.5 Å². The van der Waals surface area contributed by atoms with Crippen LogP contribution in [0.5, 0.6) is 11.5 Å². The van der Waals surface area contributed by atoms with E-state index in [1.807, 2.05) is 0 Å². The summed E-state index contributed by atoms with van der Waals surface area (Å²) < 4.78 is 33.2. The molecule has 29 heavy (non-hydrogen) atoms. The molecule has 0 heterocycles. The van der Waals surface area contributed by atoms with E-state index < -0.39 is 34.0 Å². The molecule has 0 atom stereocenters. The van der Waals surface area contributed by atoms with Gasteiger partial charge in [0.05, 0.1) is 0 Å². The molecule has 9 heteroatoms. The van der Waals surface area contributed by atoms with E-state index in [2.05, 4.69) is 0 Å². The van der Waals surface area contributed by atoms with Gasteiger partial charge in [-0.05, 0) is 0 Å². The zero-order chi connectivity index (χ0) is 21.3. The zero-order valence-corrected chi connectivity index (χ0v) is 19.3. The number of ether oxygens (including phenoxy) is 2. The number of carbonyl (C=O) groups excluding carboxylic acids is 2. The number of hydrogen-bond donors (Lipinski definition) is 0. The summed E-state index contributed by atoms with van der Waals surface area (Å²) in [5, 5.41) is 0. The van der Waals surface area contributed by atoms with Crippen molar-refractivity contribution in [2.45, 2.75) is 13.8 Å². The van der Waals surface area contributed by atoms with Crippen LogP contribution in [0.15, 0.2) is 48.5 Å². The van der Waals surface area contributed by atoms with Crippen LogP contribution in [0.1, 0.15) is 34.6 Å². The van der Waals surface area contributed by atoms with E-state index in [9.17, 15) is 9.59 Å². The van der Waals surface area contributed by atoms with Crippen LogP contribution in [0.2, 0.25) is 0 Å². The Bertz CT molecular complexity index is 769. The molecule has 0 aliphatic rings. The average molecular weight is 484 g/mol. The van der Waals surface area contributed by atoms with E-state index >= 15 is 0 Å². The minimum atomic E-state index is -4.74. The number of benzene rings is 2. The van der Waals surface area contributed by atoms with Gasteiger partial charge in [-0.25, -0.2) is 0 Å². The van der Waals surface area contributed by atoms with Crippen LogP contribution in [0.25, 0.3) is 0 Å². The molecule has 0 aliphatic carbocycles. The van der Waals surface area contributed by atoms with Gasteiger partial charge in [-0.3, -0.25) is 0 Å². The Kier molecular flexibility index (Phi) is 8.82. The van der Waals surface area contributed by atoms with Crippen LogP contribution < -0.4 is 5.63 Å². The zero-order valence-electron chi connectivity index (χ0n) is 16.8. The summed E-state index contributed by atoms with van der Waals surface area (Å²) in [6.45, 7) is 3.87. The molecule has 0 amide bonds. The van der Waals surface area contributed by atoms with Crippen molar-refractivity contribution >= 4 is 11.9 Å². The molecule has 0 aliphatic heterocycles. The van der Waals surface area contributed by atoms with E-state index in [1.165, 1.54) is 14.2 Å². The summed E-state index contributed by atoms with van der Waals surface area (Å²) in [6.07, 6.45) is 0. The van der Waals surface area contributed by atoms with Gasteiger partial charge in [0, 0.05) is 0 Å². The second kappa shape index (κ2) is 11.1. The fourth-order valence-electron chi connectivity index (χ4n) is 2.41. The van der Waals surface area contributed by atoms with Gasteiger partial charge in [0.1, 0.15) is 0 Å². The molecule has 0 saturated heterocycles. The summed E-state index contributed by atoms with van der Waals surface area (Å²) in [5.41, 5.74) is 0.429. The number of rotatable bonds is 10. The number of esters is 2. The molecule has 8 nitrogen and oxygen atoms in total. The van der Waals surface area contributed by atoms with Gasteiger partial charge in [-0.2, -0.15) is 0 Å². The van der Waals surface area contributed by atoms with Crippen LogP contribution >= 0.6 is 0 Å². The van der Waals surface area contributed by atoms with Crippen LogP contribution in [0.3, 0.4) is 0 Å². The van der Waals surface area contributed by atoms with Gasteiger partial charge in [0.25, 0.3) is 0 Å². The standard InChI is InChI=1S/2C9H10O3.2CH3O.Zr/c2*1-2-12-9(11)7-5-3-4-6-8(7)10;2*1-2;/h2*3-6,10H,2H2,1H3;2*1H3;/q;;2*-1;+4/p-2. The fraction of sp³-hybridized carbons (Fsp3) is 0.300. The van der Waals surface area contributed by atoms with Crippen molar-refractivity contribution < 1.29 is 52.3 Å². The van der Waals surface area contributed by atoms with Gasteiger partial charge in [-0.15, -0.1) is 0 Å². The first-order valence-electron chi connectivity index (χ1n) is 9.00. The summed E-state index contributed by atoms with van der Waals surface area (Å²) >= 11 is -4.74. The van der Waals surface area contributed by atoms with E-state index in [0.717, 1.165) is 0 Å². The Hall–Kier alpha value is -2.22. The molecule has 2 aromatic carbocycles. The molecule has 0 N–H and O–H groups in total. The topological polar surface area (TPSA) is 89.5 Å². The van der Waals surface area contributed by atoms with Crippen molar-refractivity contribution in [3.05, 3.63) is 59.7 Å². The molecule has 0 unspecified atom stereocenters. The van der Waals surface area contributed by atoms with Crippen molar-refractivity contribution in [2.75, 3.05) is 27.4 Å². The van der Waals surface area contributed by atoms with E-state index in [-0.39, 0.29) is 35.8 Å². The first kappa shape index (κ1) is 23.1. The van der Waals surface area contributed by atoms with Crippen LogP contribution in [0.4, 0.5) is 0 Å². The number of hydrogen-bond acceptors (Lipinski definition) is 8. The molecule has 156 valence electrons. The van der Waals surface area contributed by atoms with E-state index in [1.54, 1.807) is 62.4 Å². The number of para-hydroxylation sites is 2. The molecule has 0 radical (unpaired) electrons. The van der Waals surface area contributed by atoms with Crippen LogP contribution in [-0.4, -0.2) is 39.4 Å². The van der Waals surface area contributed by atoms with Crippen LogP contribution in [-0.2, 0) is 37.1 Å². The Labute approximate surface area is 176 Å². The summed E-state index contributed by atoms with van der Waals surface area (Å²) in [5.74, 6) is -0.664. The van der Waals surface area contributed by atoms with Gasteiger partial charge < -0.3 is 0 Å². The van der Waals surface area contributed by atoms with Gasteiger partial charge >= 0.3 is 177 Å². The Morgan fingerprint density at radius 1 is 0.724 bits per heavy atom. The Morgan fingerprint density at radius 2 is 1.10 bits per heavy atom. The summed E-state index contributed by atoms with van der Waals surface area (Å²) in [6, 6.07) is 13.1. The quantitative estimate of drug-likeness (QED) is 0.474. The molecule has 0 aromatic heterocycles. The first-order valence-corrected chi connectivity index (χ1v) is 13.0. The average Bonchev–Trinajstić information content (AvgIpc) is 2.74. The molecule has 0 saturated carbocycles. The predicted octanol–water partition coefficient (Wildman–Crippen LogP) is 3.60. The van der Waals surface area contributed by atoms with Crippen molar-refractivity contribution in [3.63, 3.8) is 0 Å². The third-order valence-electron chi connectivity index (χ3n) is 3.73. The fourth-order valence-corrected chi connectivity index (χ4v) is 5.94. The van der Waals surface area contributed by atoms with Crippen LogP contribution in [0, 0.1) is 0 Å². The Morgan fingerprint density at radius 3 is 1.45 bits per heavy atom. The van der Waals surface area contributed by atoms with Gasteiger partial charge in [0.2, 0.25) is 0 Å². The molecule has 0 bridgehead atoms. The monoisotopic (exact) mass is 482 g/mol. The van der Waals surface area contributed by atoms with Crippen molar-refractivity contribution in [2.24, 2.45) is 0 Å². The first-order chi connectivity index (χ1) is 14.0. The van der Waals surface area contributed by atoms with E-state index in [4.69, 9.17) is 20.7 Å².